The van der Waals surface area contributed by atoms with Gasteiger partial charge >= 0.3 is 0 Å². The van der Waals surface area contributed by atoms with Crippen molar-refractivity contribution >= 4 is 16.8 Å². The molecule has 0 unspecified atom stereocenters. The molecule has 1 aliphatic rings. The van der Waals surface area contributed by atoms with Gasteiger partial charge in [0, 0.05) is 0 Å². The fourth-order valence-electron chi connectivity index (χ4n) is 2.42. The molecule has 1 aromatic carbocycles. The SMILES string of the molecule is COc1cc2c(c(C(=O)Cl)c1OC)CCCC2. The van der Waals surface area contributed by atoms with Gasteiger partial charge in [0.25, 0.3) is 5.24 Å². The fourth-order valence-corrected chi connectivity index (χ4v) is 2.62. The lowest BCUT2D eigenvalue weighted by molar-refractivity contribution is 0.107. The molecular weight excluding hydrogens is 240 g/mol. The second-order valence-corrected chi connectivity index (χ2v) is 4.45. The molecule has 0 saturated heterocycles. The zero-order chi connectivity index (χ0) is 12.4. The van der Waals surface area contributed by atoms with Gasteiger partial charge in [0.1, 0.15) is 0 Å². The molecule has 0 aliphatic heterocycles. The lowest BCUT2D eigenvalue weighted by Crippen LogP contribution is -2.11. The average Bonchev–Trinajstić information content (AvgIpc) is 2.35. The smallest absolute Gasteiger partial charge is 0.256 e. The molecule has 3 nitrogen and oxygen atoms in total. The normalized spacial score (nSPS) is 14.1. The number of methoxy groups -OCH3 is 2. The van der Waals surface area contributed by atoms with Crippen molar-refractivity contribution in [2.45, 2.75) is 25.7 Å². The molecule has 1 aliphatic carbocycles. The lowest BCUT2D eigenvalue weighted by atomic mass is 9.87. The molecule has 0 N–H and O–H groups in total. The van der Waals surface area contributed by atoms with Gasteiger partial charge in [-0.05, 0) is 54.5 Å². The number of ether oxygens (including phenoxy) is 2. The summed E-state index contributed by atoms with van der Waals surface area (Å²) in [6.45, 7) is 0. The number of fused-ring (bicyclic) bond motifs is 1. The Bertz CT molecular complexity index is 440. The van der Waals surface area contributed by atoms with Crippen molar-refractivity contribution in [3.8, 4) is 11.5 Å². The summed E-state index contributed by atoms with van der Waals surface area (Å²) in [6, 6.07) is 1.96. The summed E-state index contributed by atoms with van der Waals surface area (Å²) in [5.41, 5.74) is 2.65. The third-order valence-corrected chi connectivity index (χ3v) is 3.38. The number of hydrogen-bond donors (Lipinski definition) is 0. The Morgan fingerprint density at radius 2 is 1.94 bits per heavy atom. The van der Waals surface area contributed by atoms with Gasteiger partial charge in [-0.2, -0.15) is 0 Å². The van der Waals surface area contributed by atoms with E-state index in [2.05, 4.69) is 0 Å². The van der Waals surface area contributed by atoms with Crippen LogP contribution in [-0.2, 0) is 12.8 Å². The first-order chi connectivity index (χ1) is 8.19. The van der Waals surface area contributed by atoms with Crippen LogP contribution in [0.5, 0.6) is 11.5 Å². The van der Waals surface area contributed by atoms with Crippen LogP contribution in [0.25, 0.3) is 0 Å². The van der Waals surface area contributed by atoms with E-state index in [4.69, 9.17) is 21.1 Å². The van der Waals surface area contributed by atoms with Crippen LogP contribution in [0, 0.1) is 0 Å². The van der Waals surface area contributed by atoms with Crippen molar-refractivity contribution in [3.05, 3.63) is 22.8 Å². The van der Waals surface area contributed by atoms with Crippen molar-refractivity contribution < 1.29 is 14.3 Å². The number of rotatable bonds is 3. The number of carbonyl (C=O) groups is 1. The van der Waals surface area contributed by atoms with Crippen molar-refractivity contribution in [3.63, 3.8) is 0 Å². The third kappa shape index (κ3) is 2.12. The molecule has 17 heavy (non-hydrogen) atoms. The Morgan fingerprint density at radius 3 is 2.53 bits per heavy atom. The molecule has 2 rings (SSSR count). The van der Waals surface area contributed by atoms with Gasteiger partial charge in [0.2, 0.25) is 0 Å². The monoisotopic (exact) mass is 254 g/mol. The molecule has 0 amide bonds. The number of hydrogen-bond acceptors (Lipinski definition) is 3. The molecule has 0 saturated carbocycles. The highest BCUT2D eigenvalue weighted by Crippen LogP contribution is 2.39. The Labute approximate surface area is 106 Å². The molecule has 0 heterocycles. The zero-order valence-electron chi connectivity index (χ0n) is 10.0. The Hall–Kier alpha value is -1.22. The van der Waals surface area contributed by atoms with Crippen molar-refractivity contribution in [2.75, 3.05) is 14.2 Å². The summed E-state index contributed by atoms with van der Waals surface area (Å²) in [4.78, 5) is 11.6. The van der Waals surface area contributed by atoms with E-state index in [0.29, 0.717) is 17.1 Å². The topological polar surface area (TPSA) is 35.5 Å². The Kier molecular flexibility index (Phi) is 3.57. The van der Waals surface area contributed by atoms with Crippen LogP contribution in [0.2, 0.25) is 0 Å². The van der Waals surface area contributed by atoms with Crippen LogP contribution in [0.1, 0.15) is 34.3 Å². The molecule has 0 atom stereocenters. The summed E-state index contributed by atoms with van der Waals surface area (Å²) in [5.74, 6) is 1.03. The second kappa shape index (κ2) is 4.96. The van der Waals surface area contributed by atoms with E-state index in [-0.39, 0.29) is 0 Å². The van der Waals surface area contributed by atoms with Crippen LogP contribution in [0.4, 0.5) is 0 Å². The number of carbonyl (C=O) groups excluding carboxylic acids is 1. The maximum absolute atomic E-state index is 11.6. The first-order valence-electron chi connectivity index (χ1n) is 5.65. The minimum Gasteiger partial charge on any atom is -0.493 e. The maximum atomic E-state index is 11.6. The number of benzene rings is 1. The number of aryl methyl sites for hydroxylation is 1. The molecule has 0 aromatic heterocycles. The predicted molar refractivity (Wildman–Crippen MR) is 66.4 cm³/mol. The molecule has 0 spiro atoms. The van der Waals surface area contributed by atoms with E-state index >= 15 is 0 Å². The molecule has 0 radical (unpaired) electrons. The Morgan fingerprint density at radius 1 is 1.24 bits per heavy atom. The van der Waals surface area contributed by atoms with Crippen LogP contribution >= 0.6 is 11.6 Å². The Balaban J connectivity index is 2.69. The van der Waals surface area contributed by atoms with Gasteiger partial charge in [-0.3, -0.25) is 4.79 Å². The van der Waals surface area contributed by atoms with E-state index in [0.717, 1.165) is 36.8 Å². The van der Waals surface area contributed by atoms with Crippen molar-refractivity contribution in [1.29, 1.82) is 0 Å². The molecule has 92 valence electrons. The van der Waals surface area contributed by atoms with Gasteiger partial charge in [0.15, 0.2) is 11.5 Å². The van der Waals surface area contributed by atoms with Crippen LogP contribution in [0.3, 0.4) is 0 Å². The largest absolute Gasteiger partial charge is 0.493 e. The van der Waals surface area contributed by atoms with Crippen molar-refractivity contribution in [2.24, 2.45) is 0 Å². The standard InChI is InChI=1S/C13H15ClO3/c1-16-10-7-8-5-3-4-6-9(8)11(13(14)15)12(10)17-2/h7H,3-6H2,1-2H3. The molecule has 0 bridgehead atoms. The zero-order valence-corrected chi connectivity index (χ0v) is 10.8. The highest BCUT2D eigenvalue weighted by molar-refractivity contribution is 6.68. The quantitative estimate of drug-likeness (QED) is 0.778. The van der Waals surface area contributed by atoms with Gasteiger partial charge < -0.3 is 9.47 Å². The predicted octanol–water partition coefficient (Wildman–Crippen LogP) is 2.96. The minimum atomic E-state index is -0.473. The van der Waals surface area contributed by atoms with E-state index in [1.165, 1.54) is 7.11 Å². The lowest BCUT2D eigenvalue weighted by Gasteiger charge is -2.21. The second-order valence-electron chi connectivity index (χ2n) is 4.11. The van der Waals surface area contributed by atoms with Gasteiger partial charge in [-0.15, -0.1) is 0 Å². The van der Waals surface area contributed by atoms with Gasteiger partial charge in [0.05, 0.1) is 19.8 Å². The molecule has 0 fully saturated rings. The summed E-state index contributed by atoms with van der Waals surface area (Å²) < 4.78 is 10.5. The van der Waals surface area contributed by atoms with Gasteiger partial charge in [-0.25, -0.2) is 0 Å². The summed E-state index contributed by atoms with van der Waals surface area (Å²) in [7, 11) is 3.09. The third-order valence-electron chi connectivity index (χ3n) is 3.19. The molecular formula is C13H15ClO3. The first-order valence-corrected chi connectivity index (χ1v) is 6.03. The highest BCUT2D eigenvalue weighted by Gasteiger charge is 2.24. The average molecular weight is 255 g/mol. The molecule has 4 heteroatoms. The maximum Gasteiger partial charge on any atom is 0.256 e. The summed E-state index contributed by atoms with van der Waals surface area (Å²) in [6.07, 6.45) is 4.06. The van der Waals surface area contributed by atoms with Crippen LogP contribution in [0.15, 0.2) is 6.07 Å². The summed E-state index contributed by atoms with van der Waals surface area (Å²) >= 11 is 5.68. The minimum absolute atomic E-state index is 0.452. The van der Waals surface area contributed by atoms with E-state index in [1.807, 2.05) is 6.07 Å². The van der Waals surface area contributed by atoms with Crippen molar-refractivity contribution in [1.82, 2.24) is 0 Å². The van der Waals surface area contributed by atoms with E-state index in [1.54, 1.807) is 7.11 Å². The van der Waals surface area contributed by atoms with E-state index < -0.39 is 5.24 Å². The van der Waals surface area contributed by atoms with E-state index in [9.17, 15) is 4.79 Å². The first kappa shape index (κ1) is 12.2. The van der Waals surface area contributed by atoms with Crippen LogP contribution in [-0.4, -0.2) is 19.5 Å². The fraction of sp³-hybridized carbons (Fsp3) is 0.462. The van der Waals surface area contributed by atoms with Crippen LogP contribution < -0.4 is 9.47 Å². The number of halogens is 1. The molecule has 1 aromatic rings. The summed E-state index contributed by atoms with van der Waals surface area (Å²) in [5, 5.41) is -0.473. The van der Waals surface area contributed by atoms with Gasteiger partial charge in [-0.1, -0.05) is 0 Å². The highest BCUT2D eigenvalue weighted by atomic mass is 35.5.